The number of nitrogens with one attached hydrogen (secondary N) is 2. The third kappa shape index (κ3) is 13.5. The summed E-state index contributed by atoms with van der Waals surface area (Å²) in [5, 5.41) is 26.9. The summed E-state index contributed by atoms with van der Waals surface area (Å²) in [7, 11) is 3.45. The number of carboxylic acids is 2. The molecule has 0 amide bonds. The Kier molecular flexibility index (Phi) is 17.7. The summed E-state index contributed by atoms with van der Waals surface area (Å²) >= 11 is 0. The number of carbonyl (C=O) groups is 2. The Morgan fingerprint density at radius 2 is 1.03 bits per heavy atom. The fraction of sp³-hybridized carbons (Fsp3) is 0.571. The molecular formula is C56H74N6O10. The number of aliphatic carboxylic acids is 2. The number of hydrogen-bond acceptors (Lipinski definition) is 14. The number of anilines is 2. The van der Waals surface area contributed by atoms with E-state index in [-0.39, 0.29) is 24.4 Å². The van der Waals surface area contributed by atoms with Crippen molar-refractivity contribution in [3.8, 4) is 23.0 Å². The molecule has 2 aliphatic carbocycles. The molecule has 72 heavy (non-hydrogen) atoms. The number of aromatic nitrogens is 2. The number of likely N-dealkylation sites (tertiary alicyclic amines) is 2. The Hall–Kier alpha value is -5.68. The summed E-state index contributed by atoms with van der Waals surface area (Å²) in [6.45, 7) is 5.88. The van der Waals surface area contributed by atoms with Gasteiger partial charge in [0, 0.05) is 98.3 Å². The summed E-state index contributed by atoms with van der Waals surface area (Å²) in [5.41, 5.74) is 5.93. The second kappa shape index (κ2) is 24.8. The first-order valence-electron chi connectivity index (χ1n) is 26.5. The first-order valence-corrected chi connectivity index (χ1v) is 26.5. The van der Waals surface area contributed by atoms with Crippen molar-refractivity contribution in [3.05, 3.63) is 94.3 Å². The number of hydrogen-bond donors (Lipinski definition) is 4. The number of aryl methyl sites for hydroxylation is 2. The average molecular weight is 991 g/mol. The summed E-state index contributed by atoms with van der Waals surface area (Å²) in [5.74, 6) is 3.50. The van der Waals surface area contributed by atoms with E-state index in [0.717, 1.165) is 161 Å². The van der Waals surface area contributed by atoms with Gasteiger partial charge >= 0.3 is 11.9 Å². The molecule has 2 aromatic heterocycles. The van der Waals surface area contributed by atoms with Crippen molar-refractivity contribution in [2.45, 2.75) is 139 Å². The predicted molar refractivity (Wildman–Crippen MR) is 274 cm³/mol. The lowest BCUT2D eigenvalue weighted by Gasteiger charge is -2.26. The number of unbranched alkanes of at least 4 members (excludes halogenated alkanes) is 2. The summed E-state index contributed by atoms with van der Waals surface area (Å²) in [6.07, 6.45) is 16.2. The lowest BCUT2D eigenvalue weighted by atomic mass is 10.0. The van der Waals surface area contributed by atoms with Crippen LogP contribution in [-0.2, 0) is 44.7 Å². The van der Waals surface area contributed by atoms with Crippen LogP contribution in [0.3, 0.4) is 0 Å². The molecule has 4 aliphatic heterocycles. The van der Waals surface area contributed by atoms with E-state index >= 15 is 0 Å². The summed E-state index contributed by atoms with van der Waals surface area (Å²) < 4.78 is 35.5. The number of ether oxygens (including phenoxy) is 6. The molecule has 2 saturated carbocycles. The Morgan fingerprint density at radius 1 is 0.597 bits per heavy atom. The molecule has 2 saturated heterocycles. The number of para-hydroxylation sites is 2. The molecule has 0 spiro atoms. The van der Waals surface area contributed by atoms with Gasteiger partial charge in [0.1, 0.15) is 46.7 Å². The van der Waals surface area contributed by atoms with E-state index < -0.39 is 24.0 Å². The highest BCUT2D eigenvalue weighted by molar-refractivity contribution is 5.77. The van der Waals surface area contributed by atoms with Crippen molar-refractivity contribution in [2.75, 3.05) is 77.3 Å². The highest BCUT2D eigenvalue weighted by Gasteiger charge is 2.38. The van der Waals surface area contributed by atoms with Crippen molar-refractivity contribution < 1.29 is 48.2 Å². The van der Waals surface area contributed by atoms with Gasteiger partial charge in [-0.15, -0.1) is 0 Å². The van der Waals surface area contributed by atoms with Crippen molar-refractivity contribution in [1.29, 1.82) is 0 Å². The van der Waals surface area contributed by atoms with Crippen molar-refractivity contribution in [3.63, 3.8) is 0 Å². The highest BCUT2D eigenvalue weighted by Crippen LogP contribution is 2.38. The molecule has 0 radical (unpaired) electrons. The van der Waals surface area contributed by atoms with Crippen LogP contribution in [0.4, 0.5) is 11.6 Å². The largest absolute Gasteiger partial charge is 0.496 e. The molecule has 6 aliphatic rings. The molecular weight excluding hydrogens is 917 g/mol. The quantitative estimate of drug-likeness (QED) is 0.0490. The maximum atomic E-state index is 12.3. The van der Waals surface area contributed by atoms with E-state index in [4.69, 9.17) is 38.4 Å². The van der Waals surface area contributed by atoms with Crippen LogP contribution in [0.1, 0.15) is 123 Å². The molecule has 16 heteroatoms. The molecule has 4 fully saturated rings. The molecule has 0 bridgehead atoms. The smallest absolute Gasteiger partial charge is 0.325 e. The van der Waals surface area contributed by atoms with Gasteiger partial charge in [-0.1, -0.05) is 36.4 Å². The first kappa shape index (κ1) is 51.2. The van der Waals surface area contributed by atoms with Crippen LogP contribution in [-0.4, -0.2) is 133 Å². The molecule has 4 N–H and O–H groups in total. The third-order valence-corrected chi connectivity index (χ3v) is 14.5. The van der Waals surface area contributed by atoms with E-state index in [2.05, 4.69) is 22.8 Å². The van der Waals surface area contributed by atoms with Gasteiger partial charge in [0.2, 0.25) is 0 Å². The zero-order chi connectivity index (χ0) is 49.8. The molecule has 0 unspecified atom stereocenters. The van der Waals surface area contributed by atoms with Crippen LogP contribution >= 0.6 is 0 Å². The van der Waals surface area contributed by atoms with Gasteiger partial charge in [-0.05, 0) is 115 Å². The Morgan fingerprint density at radius 3 is 1.43 bits per heavy atom. The number of fused-ring (bicyclic) bond motifs is 2. The van der Waals surface area contributed by atoms with Gasteiger partial charge in [-0.25, -0.2) is 9.97 Å². The first-order chi connectivity index (χ1) is 35.2. The molecule has 6 heterocycles. The Balaban J connectivity index is 0.000000178. The zero-order valence-corrected chi connectivity index (χ0v) is 42.2. The van der Waals surface area contributed by atoms with E-state index in [1.165, 1.54) is 11.1 Å². The fourth-order valence-electron chi connectivity index (χ4n) is 10.4. The number of rotatable bonds is 24. The lowest BCUT2D eigenvalue weighted by molar-refractivity contribution is -0.144. The third-order valence-electron chi connectivity index (χ3n) is 14.5. The van der Waals surface area contributed by atoms with Gasteiger partial charge in [0.25, 0.3) is 0 Å². The van der Waals surface area contributed by atoms with Crippen LogP contribution in [0.15, 0.2) is 60.7 Å². The second-order valence-corrected chi connectivity index (χ2v) is 20.0. The fourth-order valence-corrected chi connectivity index (χ4v) is 10.4. The lowest BCUT2D eigenvalue weighted by Crippen LogP contribution is -2.33. The Bertz CT molecular complexity index is 2250. The predicted octanol–water partition coefficient (Wildman–Crippen LogP) is 8.46. The Labute approximate surface area is 424 Å². The highest BCUT2D eigenvalue weighted by atomic mass is 16.5. The molecule has 16 nitrogen and oxygen atoms in total. The van der Waals surface area contributed by atoms with Gasteiger partial charge in [0.05, 0.1) is 38.6 Å². The molecule has 4 atom stereocenters. The van der Waals surface area contributed by atoms with E-state index in [9.17, 15) is 19.8 Å². The average Bonchev–Trinajstić information content (AvgIpc) is 4.31. The van der Waals surface area contributed by atoms with E-state index in [1.54, 1.807) is 14.2 Å². The van der Waals surface area contributed by atoms with Crippen LogP contribution in [0.2, 0.25) is 0 Å². The molecule has 388 valence electrons. The monoisotopic (exact) mass is 991 g/mol. The minimum Gasteiger partial charge on any atom is -0.496 e. The van der Waals surface area contributed by atoms with Crippen molar-refractivity contribution in [1.82, 2.24) is 19.8 Å². The minimum absolute atomic E-state index is 0.0505. The van der Waals surface area contributed by atoms with Crippen molar-refractivity contribution >= 4 is 23.6 Å². The summed E-state index contributed by atoms with van der Waals surface area (Å²) in [6, 6.07) is 17.8. The van der Waals surface area contributed by atoms with Crippen LogP contribution in [0.5, 0.6) is 23.0 Å². The maximum Gasteiger partial charge on any atom is 0.325 e. The molecule has 4 aromatic rings. The maximum absolute atomic E-state index is 12.3. The van der Waals surface area contributed by atoms with Gasteiger partial charge < -0.3 is 49.3 Å². The molecule has 2 aromatic carbocycles. The number of pyridine rings is 2. The summed E-state index contributed by atoms with van der Waals surface area (Å²) in [4.78, 5) is 38.1. The number of methoxy groups -OCH3 is 2. The second-order valence-electron chi connectivity index (χ2n) is 20.0. The van der Waals surface area contributed by atoms with Crippen LogP contribution < -0.4 is 29.6 Å². The standard InChI is InChI=1S/2C28H37N3O5/c2*1-34-25-17-19(30-27-23(25)9-6-14-29-27)7-4-5-16-35-21-13-15-31(18-21)26(28(32)33)22-8-2-3-10-24(22)36-20-11-12-20/h2*2-3,8,10,17,20-21,26H,4-7,9,11-16,18H2,1H3,(H,29,30)(H,32,33)/t21-,26+;21-,26-/m11/s1. The topological polar surface area (TPSA) is 186 Å². The van der Waals surface area contributed by atoms with Gasteiger partial charge in [-0.3, -0.25) is 19.4 Å². The van der Waals surface area contributed by atoms with E-state index in [0.29, 0.717) is 50.9 Å². The zero-order valence-electron chi connectivity index (χ0n) is 42.2. The minimum atomic E-state index is -0.843. The van der Waals surface area contributed by atoms with E-state index in [1.807, 2.05) is 58.3 Å². The normalized spacial score (nSPS) is 20.4. The van der Waals surface area contributed by atoms with Crippen LogP contribution in [0, 0.1) is 0 Å². The van der Waals surface area contributed by atoms with Crippen molar-refractivity contribution in [2.24, 2.45) is 0 Å². The number of benzene rings is 2. The number of carboxylic acid groups (broad SMARTS) is 2. The van der Waals surface area contributed by atoms with Gasteiger partial charge in [-0.2, -0.15) is 0 Å². The molecule has 10 rings (SSSR count). The SMILES string of the molecule is COc1cc(CCCCO[C@@H]2CCN([C@@H](C(=O)O)c3ccccc3OC3CC3)C2)nc2c1CCCN2.COc1cc(CCCCO[C@@H]2CCN([C@H](C(=O)O)c3ccccc3OC3CC3)C2)nc2c1CCCN2. The number of nitrogens with zero attached hydrogens (tertiary/aromatic N) is 4. The van der Waals surface area contributed by atoms with Crippen LogP contribution in [0.25, 0.3) is 0 Å². The van der Waals surface area contributed by atoms with Gasteiger partial charge in [0.15, 0.2) is 0 Å².